The molecule has 0 aromatic rings. The molecular weight excluding hydrogens is 184 g/mol. The molecule has 86 valence electrons. The van der Waals surface area contributed by atoms with Crippen molar-refractivity contribution < 1.29 is 0 Å². The maximum absolute atomic E-state index is 4.03. The highest BCUT2D eigenvalue weighted by Crippen LogP contribution is 2.19. The molecule has 0 saturated carbocycles. The van der Waals surface area contributed by atoms with Crippen molar-refractivity contribution in [3.63, 3.8) is 0 Å². The molecule has 2 saturated heterocycles. The van der Waals surface area contributed by atoms with Crippen LogP contribution in [0.4, 0.5) is 0 Å². The zero-order valence-electron chi connectivity index (χ0n) is 9.83. The van der Waals surface area contributed by atoms with E-state index >= 15 is 0 Å². The normalized spacial score (nSPS) is 25.7. The summed E-state index contributed by atoms with van der Waals surface area (Å²) in [7, 11) is 0. The molecule has 0 amide bonds. The molecule has 0 bridgehead atoms. The summed E-state index contributed by atoms with van der Waals surface area (Å²) in [6.07, 6.45) is 11.0. The summed E-state index contributed by atoms with van der Waals surface area (Å²) >= 11 is 0. The van der Waals surface area contributed by atoms with Gasteiger partial charge in [-0.3, -0.25) is 9.80 Å². The fraction of sp³-hybridized carbons (Fsp3) is 0.846. The van der Waals surface area contributed by atoms with Gasteiger partial charge in [-0.2, -0.15) is 0 Å². The quantitative estimate of drug-likeness (QED) is 0.657. The lowest BCUT2D eigenvalue weighted by Gasteiger charge is -2.41. The Balaban J connectivity index is 1.91. The van der Waals surface area contributed by atoms with Gasteiger partial charge in [0.15, 0.2) is 0 Å². The molecule has 0 aromatic heterocycles. The summed E-state index contributed by atoms with van der Waals surface area (Å²) in [5, 5.41) is 0. The van der Waals surface area contributed by atoms with Crippen molar-refractivity contribution in [1.82, 2.24) is 9.80 Å². The maximum atomic E-state index is 4.03. The molecule has 2 aliphatic heterocycles. The van der Waals surface area contributed by atoms with Crippen molar-refractivity contribution in [2.45, 2.75) is 44.7 Å². The van der Waals surface area contributed by atoms with Crippen LogP contribution >= 0.6 is 0 Å². The molecule has 2 nitrogen and oxygen atoms in total. The largest absolute Gasteiger partial charge is 0.285 e. The summed E-state index contributed by atoms with van der Waals surface area (Å²) < 4.78 is 0. The van der Waals surface area contributed by atoms with Crippen molar-refractivity contribution >= 4 is 0 Å². The van der Waals surface area contributed by atoms with E-state index in [0.717, 1.165) is 0 Å². The van der Waals surface area contributed by atoms with Crippen LogP contribution in [-0.2, 0) is 0 Å². The lowest BCUT2D eigenvalue weighted by atomic mass is 10.1. The molecular formula is C13H24N2. The smallest absolute Gasteiger partial charge is 0.0812 e. The molecule has 0 radical (unpaired) electrons. The molecule has 0 spiro atoms. The Morgan fingerprint density at radius 3 is 1.47 bits per heavy atom. The minimum Gasteiger partial charge on any atom is -0.285 e. The molecule has 15 heavy (non-hydrogen) atoms. The zero-order valence-corrected chi connectivity index (χ0v) is 9.83. The van der Waals surface area contributed by atoms with E-state index < -0.39 is 0 Å². The summed E-state index contributed by atoms with van der Waals surface area (Å²) in [5.41, 5.74) is 0. The van der Waals surface area contributed by atoms with Crippen LogP contribution in [0.1, 0.15) is 38.5 Å². The Hall–Kier alpha value is -0.340. The van der Waals surface area contributed by atoms with Gasteiger partial charge in [-0.25, -0.2) is 0 Å². The molecule has 2 rings (SSSR count). The molecule has 0 atom stereocenters. The Morgan fingerprint density at radius 1 is 0.733 bits per heavy atom. The molecule has 0 unspecified atom stereocenters. The van der Waals surface area contributed by atoms with Gasteiger partial charge in [0.1, 0.15) is 0 Å². The van der Waals surface area contributed by atoms with Crippen molar-refractivity contribution in [2.75, 3.05) is 26.2 Å². The number of hydrogen-bond donors (Lipinski definition) is 0. The number of hydrogen-bond acceptors (Lipinski definition) is 2. The van der Waals surface area contributed by atoms with Crippen molar-refractivity contribution in [3.05, 3.63) is 12.7 Å². The van der Waals surface area contributed by atoms with Crippen LogP contribution in [0.5, 0.6) is 0 Å². The summed E-state index contributed by atoms with van der Waals surface area (Å²) in [6.45, 7) is 9.11. The molecule has 2 heterocycles. The van der Waals surface area contributed by atoms with Crippen molar-refractivity contribution in [1.29, 1.82) is 0 Å². The standard InChI is InChI=1S/C13H24N2/c1-2-13(14-9-5-3-6-10-14)15-11-7-4-8-12-15/h2,13H,1,3-12H2. The second kappa shape index (κ2) is 5.66. The molecule has 0 N–H and O–H groups in total. The first-order chi connectivity index (χ1) is 7.42. The first-order valence-corrected chi connectivity index (χ1v) is 6.52. The minimum absolute atomic E-state index is 0.519. The van der Waals surface area contributed by atoms with Gasteiger partial charge in [-0.05, 0) is 51.9 Å². The minimum atomic E-state index is 0.519. The summed E-state index contributed by atoms with van der Waals surface area (Å²) in [5.74, 6) is 0. The number of piperidine rings is 2. The Labute approximate surface area is 93.9 Å². The number of nitrogens with zero attached hydrogens (tertiary/aromatic N) is 2. The van der Waals surface area contributed by atoms with Crippen LogP contribution in [0.25, 0.3) is 0 Å². The van der Waals surface area contributed by atoms with E-state index in [1.807, 2.05) is 0 Å². The van der Waals surface area contributed by atoms with E-state index in [4.69, 9.17) is 0 Å². The molecule has 2 fully saturated rings. The van der Waals surface area contributed by atoms with Crippen LogP contribution in [0.3, 0.4) is 0 Å². The van der Waals surface area contributed by atoms with Crippen LogP contribution in [0.2, 0.25) is 0 Å². The molecule has 2 heteroatoms. The first kappa shape index (κ1) is 11.2. The predicted octanol–water partition coefficient (Wildman–Crippen LogP) is 2.47. The SMILES string of the molecule is C=CC(N1CCCCC1)N1CCCCC1. The van der Waals surface area contributed by atoms with Crippen LogP contribution < -0.4 is 0 Å². The third-order valence-corrected chi connectivity index (χ3v) is 3.74. The average Bonchev–Trinajstić information content (AvgIpc) is 2.33. The van der Waals surface area contributed by atoms with Crippen LogP contribution in [0.15, 0.2) is 12.7 Å². The lowest BCUT2D eigenvalue weighted by molar-refractivity contribution is 0.0477. The second-order valence-corrected chi connectivity index (χ2v) is 4.84. The number of likely N-dealkylation sites (tertiary alicyclic amines) is 2. The summed E-state index contributed by atoms with van der Waals surface area (Å²) in [6, 6.07) is 0. The number of rotatable bonds is 3. The highest BCUT2D eigenvalue weighted by atomic mass is 15.3. The fourth-order valence-electron chi connectivity index (χ4n) is 2.89. The van der Waals surface area contributed by atoms with Gasteiger partial charge < -0.3 is 0 Å². The highest BCUT2D eigenvalue weighted by molar-refractivity contribution is 4.90. The van der Waals surface area contributed by atoms with Gasteiger partial charge in [-0.15, -0.1) is 6.58 Å². The Bertz CT molecular complexity index is 173. The maximum Gasteiger partial charge on any atom is 0.0812 e. The van der Waals surface area contributed by atoms with E-state index in [0.29, 0.717) is 6.17 Å². The Kier molecular flexibility index (Phi) is 4.21. The monoisotopic (exact) mass is 208 g/mol. The predicted molar refractivity (Wildman–Crippen MR) is 64.8 cm³/mol. The first-order valence-electron chi connectivity index (χ1n) is 6.52. The van der Waals surface area contributed by atoms with E-state index in [9.17, 15) is 0 Å². The zero-order chi connectivity index (χ0) is 10.5. The van der Waals surface area contributed by atoms with E-state index in [1.54, 1.807) is 0 Å². The molecule has 0 aromatic carbocycles. The van der Waals surface area contributed by atoms with Gasteiger partial charge in [0.25, 0.3) is 0 Å². The summed E-state index contributed by atoms with van der Waals surface area (Å²) in [4.78, 5) is 5.23. The third-order valence-electron chi connectivity index (χ3n) is 3.74. The van der Waals surface area contributed by atoms with Crippen molar-refractivity contribution in [2.24, 2.45) is 0 Å². The van der Waals surface area contributed by atoms with Gasteiger partial charge in [0, 0.05) is 0 Å². The third kappa shape index (κ3) is 2.82. The second-order valence-electron chi connectivity index (χ2n) is 4.84. The van der Waals surface area contributed by atoms with Crippen LogP contribution in [0, 0.1) is 0 Å². The van der Waals surface area contributed by atoms with Gasteiger partial charge >= 0.3 is 0 Å². The van der Waals surface area contributed by atoms with Crippen LogP contribution in [-0.4, -0.2) is 42.1 Å². The van der Waals surface area contributed by atoms with E-state index in [-0.39, 0.29) is 0 Å². The highest BCUT2D eigenvalue weighted by Gasteiger charge is 2.24. The molecule has 2 aliphatic rings. The van der Waals surface area contributed by atoms with Crippen molar-refractivity contribution in [3.8, 4) is 0 Å². The molecule has 0 aliphatic carbocycles. The van der Waals surface area contributed by atoms with Gasteiger partial charge in [-0.1, -0.05) is 18.9 Å². The Morgan fingerprint density at radius 2 is 1.13 bits per heavy atom. The lowest BCUT2D eigenvalue weighted by Crippen LogP contribution is -2.50. The van der Waals surface area contributed by atoms with Gasteiger partial charge in [0.05, 0.1) is 6.17 Å². The fourth-order valence-corrected chi connectivity index (χ4v) is 2.89. The topological polar surface area (TPSA) is 6.48 Å². The van der Waals surface area contributed by atoms with Gasteiger partial charge in [0.2, 0.25) is 0 Å². The van der Waals surface area contributed by atoms with E-state index in [1.165, 1.54) is 64.7 Å². The van der Waals surface area contributed by atoms with E-state index in [2.05, 4.69) is 22.5 Å². The average molecular weight is 208 g/mol.